The molecule has 0 aliphatic carbocycles. The van der Waals surface area contributed by atoms with E-state index in [1.165, 1.54) is 6.08 Å². The van der Waals surface area contributed by atoms with E-state index < -0.39 is 0 Å². The molecule has 0 aliphatic heterocycles. The molecule has 1 N–H and O–H groups in total. The molecule has 4 rings (SSSR count). The van der Waals surface area contributed by atoms with Crippen LogP contribution in [0.25, 0.3) is 27.7 Å². The second-order valence-corrected chi connectivity index (χ2v) is 7.47. The van der Waals surface area contributed by atoms with Crippen molar-refractivity contribution in [3.05, 3.63) is 78.2 Å². The van der Waals surface area contributed by atoms with Gasteiger partial charge in [0.25, 0.3) is 0 Å². The fourth-order valence-electron chi connectivity index (χ4n) is 3.52. The number of fused-ring (bicyclic) bond motifs is 1. The van der Waals surface area contributed by atoms with Crippen molar-refractivity contribution in [2.45, 2.75) is 13.8 Å². The molecule has 4 aromatic rings. The summed E-state index contributed by atoms with van der Waals surface area (Å²) in [6.07, 6.45) is 4.97. The van der Waals surface area contributed by atoms with Crippen molar-refractivity contribution in [1.29, 1.82) is 0 Å². The van der Waals surface area contributed by atoms with Gasteiger partial charge in [-0.3, -0.25) is 4.79 Å². The molecule has 6 heteroatoms. The first-order chi connectivity index (χ1) is 15.5. The number of carbonyl (C=O) groups is 1. The number of amides is 1. The third-order valence-electron chi connectivity index (χ3n) is 5.21. The SMILES string of the molecule is COc1cccc(-c2coc3cc(OC)c(/C(C)=C/C(=O)Nc4ccc(C)cn4)cc23)c1. The van der Waals surface area contributed by atoms with Crippen LogP contribution in [0.5, 0.6) is 11.5 Å². The summed E-state index contributed by atoms with van der Waals surface area (Å²) in [5, 5.41) is 3.71. The van der Waals surface area contributed by atoms with Gasteiger partial charge in [-0.1, -0.05) is 18.2 Å². The first-order valence-corrected chi connectivity index (χ1v) is 10.1. The number of nitrogens with zero attached hydrogens (tertiary/aromatic N) is 1. The normalized spacial score (nSPS) is 11.4. The lowest BCUT2D eigenvalue weighted by atomic mass is 9.99. The molecule has 2 aromatic heterocycles. The topological polar surface area (TPSA) is 73.6 Å². The van der Waals surface area contributed by atoms with E-state index in [2.05, 4.69) is 10.3 Å². The first kappa shape index (κ1) is 21.2. The van der Waals surface area contributed by atoms with E-state index in [4.69, 9.17) is 13.9 Å². The number of hydrogen-bond donors (Lipinski definition) is 1. The summed E-state index contributed by atoms with van der Waals surface area (Å²) in [4.78, 5) is 16.8. The molecule has 0 atom stereocenters. The Morgan fingerprint density at radius 1 is 1.09 bits per heavy atom. The van der Waals surface area contributed by atoms with Crippen LogP contribution in [0.4, 0.5) is 5.82 Å². The number of aromatic nitrogens is 1. The molecular weight excluding hydrogens is 404 g/mol. The summed E-state index contributed by atoms with van der Waals surface area (Å²) in [7, 11) is 3.24. The zero-order valence-corrected chi connectivity index (χ0v) is 18.4. The lowest BCUT2D eigenvalue weighted by Gasteiger charge is -2.10. The van der Waals surface area contributed by atoms with Gasteiger partial charge in [-0.05, 0) is 54.8 Å². The van der Waals surface area contributed by atoms with Crippen LogP contribution in [0.15, 0.2) is 71.5 Å². The number of allylic oxidation sites excluding steroid dienone is 1. The molecule has 6 nitrogen and oxygen atoms in total. The molecule has 0 aliphatic rings. The Kier molecular flexibility index (Phi) is 5.94. The number of anilines is 1. The van der Waals surface area contributed by atoms with Gasteiger partial charge in [0.05, 0.1) is 20.5 Å². The van der Waals surface area contributed by atoms with Crippen LogP contribution in [0, 0.1) is 6.92 Å². The van der Waals surface area contributed by atoms with E-state index >= 15 is 0 Å². The number of furan rings is 1. The molecule has 162 valence electrons. The Bertz CT molecular complexity index is 1300. The number of aryl methyl sites for hydroxylation is 1. The highest BCUT2D eigenvalue weighted by Gasteiger charge is 2.15. The highest BCUT2D eigenvalue weighted by atomic mass is 16.5. The largest absolute Gasteiger partial charge is 0.497 e. The second kappa shape index (κ2) is 8.98. The summed E-state index contributed by atoms with van der Waals surface area (Å²) in [5.74, 6) is 1.63. The number of hydrogen-bond acceptors (Lipinski definition) is 5. The van der Waals surface area contributed by atoms with Crippen LogP contribution >= 0.6 is 0 Å². The average molecular weight is 428 g/mol. The maximum atomic E-state index is 12.6. The van der Waals surface area contributed by atoms with Crippen molar-refractivity contribution < 1.29 is 18.7 Å². The molecule has 2 heterocycles. The monoisotopic (exact) mass is 428 g/mol. The third-order valence-corrected chi connectivity index (χ3v) is 5.21. The van der Waals surface area contributed by atoms with E-state index in [9.17, 15) is 4.79 Å². The van der Waals surface area contributed by atoms with Crippen LogP contribution in [0.2, 0.25) is 0 Å². The zero-order chi connectivity index (χ0) is 22.7. The standard InChI is InChI=1S/C26H24N2O4/c1-16-8-9-25(27-14-16)28-26(29)10-17(2)20-12-21-22(15-32-24(21)13-23(20)31-4)18-6-5-7-19(11-18)30-3/h5-15H,1-4H3,(H,27,28,29)/b17-10+. The van der Waals surface area contributed by atoms with Crippen molar-refractivity contribution in [2.75, 3.05) is 19.5 Å². The van der Waals surface area contributed by atoms with E-state index in [0.29, 0.717) is 17.2 Å². The number of pyridine rings is 1. The smallest absolute Gasteiger partial charge is 0.249 e. The minimum absolute atomic E-state index is 0.263. The molecule has 0 saturated carbocycles. The highest BCUT2D eigenvalue weighted by molar-refractivity contribution is 6.05. The van der Waals surface area contributed by atoms with Gasteiger partial charge in [-0.15, -0.1) is 0 Å². The van der Waals surface area contributed by atoms with Crippen molar-refractivity contribution >= 4 is 28.3 Å². The number of nitrogens with one attached hydrogen (secondary N) is 1. The van der Waals surface area contributed by atoms with Gasteiger partial charge < -0.3 is 19.2 Å². The van der Waals surface area contributed by atoms with E-state index in [0.717, 1.165) is 39.0 Å². The second-order valence-electron chi connectivity index (χ2n) is 7.47. The van der Waals surface area contributed by atoms with Crippen molar-refractivity contribution in [3.8, 4) is 22.6 Å². The van der Waals surface area contributed by atoms with E-state index in [1.54, 1.807) is 32.7 Å². The Morgan fingerprint density at radius 2 is 1.94 bits per heavy atom. The molecule has 32 heavy (non-hydrogen) atoms. The lowest BCUT2D eigenvalue weighted by molar-refractivity contribution is -0.111. The van der Waals surface area contributed by atoms with Crippen LogP contribution in [-0.4, -0.2) is 25.1 Å². The lowest BCUT2D eigenvalue weighted by Crippen LogP contribution is -2.10. The maximum Gasteiger partial charge on any atom is 0.249 e. The van der Waals surface area contributed by atoms with Crippen LogP contribution < -0.4 is 14.8 Å². The van der Waals surface area contributed by atoms with Gasteiger partial charge in [-0.25, -0.2) is 4.98 Å². The fourth-order valence-corrected chi connectivity index (χ4v) is 3.52. The average Bonchev–Trinajstić information content (AvgIpc) is 3.22. The highest BCUT2D eigenvalue weighted by Crippen LogP contribution is 2.38. The summed E-state index contributed by atoms with van der Waals surface area (Å²) >= 11 is 0. The van der Waals surface area contributed by atoms with Crippen LogP contribution in [0.1, 0.15) is 18.1 Å². The van der Waals surface area contributed by atoms with E-state index in [-0.39, 0.29) is 5.91 Å². The van der Waals surface area contributed by atoms with Crippen molar-refractivity contribution in [1.82, 2.24) is 4.98 Å². The fraction of sp³-hybridized carbons (Fsp3) is 0.154. The van der Waals surface area contributed by atoms with Gasteiger partial charge in [0, 0.05) is 34.9 Å². The Balaban J connectivity index is 1.71. The Morgan fingerprint density at radius 3 is 2.66 bits per heavy atom. The van der Waals surface area contributed by atoms with Gasteiger partial charge >= 0.3 is 0 Å². The zero-order valence-electron chi connectivity index (χ0n) is 18.4. The molecule has 0 saturated heterocycles. The first-order valence-electron chi connectivity index (χ1n) is 10.1. The minimum atomic E-state index is -0.263. The van der Waals surface area contributed by atoms with Gasteiger partial charge in [-0.2, -0.15) is 0 Å². The number of rotatable bonds is 6. The summed E-state index contributed by atoms with van der Waals surface area (Å²) in [6.45, 7) is 3.82. The Labute approximate surface area is 186 Å². The number of methoxy groups -OCH3 is 2. The quantitative estimate of drug-likeness (QED) is 0.389. The summed E-state index contributed by atoms with van der Waals surface area (Å²) < 4.78 is 16.7. The van der Waals surface area contributed by atoms with Crippen molar-refractivity contribution in [2.24, 2.45) is 0 Å². The molecule has 1 amide bonds. The maximum absolute atomic E-state index is 12.6. The third kappa shape index (κ3) is 4.34. The molecule has 0 bridgehead atoms. The number of ether oxygens (including phenoxy) is 2. The van der Waals surface area contributed by atoms with Crippen LogP contribution in [-0.2, 0) is 4.79 Å². The van der Waals surface area contributed by atoms with E-state index in [1.807, 2.05) is 56.3 Å². The predicted molar refractivity (Wildman–Crippen MR) is 126 cm³/mol. The van der Waals surface area contributed by atoms with Crippen LogP contribution in [0.3, 0.4) is 0 Å². The molecule has 0 unspecified atom stereocenters. The molecule has 0 radical (unpaired) electrons. The molecular formula is C26H24N2O4. The minimum Gasteiger partial charge on any atom is -0.497 e. The Hall–Kier alpha value is -4.06. The van der Waals surface area contributed by atoms with Gasteiger partial charge in [0.15, 0.2) is 0 Å². The molecule has 0 fully saturated rings. The predicted octanol–water partition coefficient (Wildman–Crippen LogP) is 5.86. The molecule has 0 spiro atoms. The van der Waals surface area contributed by atoms with Gasteiger partial charge in [0.1, 0.15) is 22.9 Å². The number of carbonyl (C=O) groups excluding carboxylic acids is 1. The van der Waals surface area contributed by atoms with Gasteiger partial charge in [0.2, 0.25) is 5.91 Å². The summed E-state index contributed by atoms with van der Waals surface area (Å²) in [5.41, 5.74) is 5.20. The molecule has 2 aromatic carbocycles. The summed E-state index contributed by atoms with van der Waals surface area (Å²) in [6, 6.07) is 15.3. The van der Waals surface area contributed by atoms with Crippen molar-refractivity contribution in [3.63, 3.8) is 0 Å². The number of benzene rings is 2.